The van der Waals surface area contributed by atoms with Crippen molar-refractivity contribution in [1.82, 2.24) is 0 Å². The van der Waals surface area contributed by atoms with Crippen molar-refractivity contribution in [1.29, 1.82) is 0 Å². The lowest BCUT2D eigenvalue weighted by Crippen LogP contribution is -2.00. The molecular formula is C20H15ClO3. The van der Waals surface area contributed by atoms with Crippen molar-refractivity contribution in [3.63, 3.8) is 0 Å². The van der Waals surface area contributed by atoms with E-state index in [4.69, 9.17) is 21.4 Å². The molecule has 0 aliphatic carbocycles. The molecule has 0 aliphatic heterocycles. The highest BCUT2D eigenvalue weighted by Gasteiger charge is 2.10. The molecule has 0 atom stereocenters. The minimum absolute atomic E-state index is 0.136. The van der Waals surface area contributed by atoms with Crippen LogP contribution in [0.1, 0.15) is 15.9 Å². The van der Waals surface area contributed by atoms with Crippen LogP contribution in [0.15, 0.2) is 72.8 Å². The summed E-state index contributed by atoms with van der Waals surface area (Å²) in [6, 6.07) is 22.5. The predicted molar refractivity (Wildman–Crippen MR) is 94.6 cm³/mol. The minimum Gasteiger partial charge on any atom is -0.487 e. The molecule has 3 aromatic rings. The lowest BCUT2D eigenvalue weighted by Gasteiger charge is -2.12. The molecule has 1 N–H and O–H groups in total. The van der Waals surface area contributed by atoms with Gasteiger partial charge in [-0.1, -0.05) is 66.2 Å². The number of benzene rings is 3. The van der Waals surface area contributed by atoms with Crippen LogP contribution in [-0.2, 0) is 6.61 Å². The van der Waals surface area contributed by atoms with Gasteiger partial charge in [0.2, 0.25) is 0 Å². The van der Waals surface area contributed by atoms with E-state index in [9.17, 15) is 4.79 Å². The van der Waals surface area contributed by atoms with Gasteiger partial charge in [-0.25, -0.2) is 4.79 Å². The molecule has 0 bridgehead atoms. The Morgan fingerprint density at radius 3 is 2.38 bits per heavy atom. The summed E-state index contributed by atoms with van der Waals surface area (Å²) in [6.45, 7) is 0.344. The van der Waals surface area contributed by atoms with Crippen molar-refractivity contribution < 1.29 is 14.6 Å². The number of hydrogen-bond donors (Lipinski definition) is 1. The first-order chi connectivity index (χ1) is 11.6. The third-order valence-corrected chi connectivity index (χ3v) is 3.96. The van der Waals surface area contributed by atoms with Gasteiger partial charge in [-0.05, 0) is 34.9 Å². The van der Waals surface area contributed by atoms with Crippen molar-refractivity contribution in [3.8, 4) is 16.9 Å². The molecule has 3 aromatic carbocycles. The van der Waals surface area contributed by atoms with Crippen LogP contribution < -0.4 is 4.74 Å². The summed E-state index contributed by atoms with van der Waals surface area (Å²) in [5.41, 5.74) is 3.37. The number of aromatic carboxylic acids is 1. The second kappa shape index (κ2) is 7.20. The van der Waals surface area contributed by atoms with E-state index >= 15 is 0 Å². The van der Waals surface area contributed by atoms with Crippen LogP contribution in [0.3, 0.4) is 0 Å². The molecule has 0 saturated heterocycles. The zero-order chi connectivity index (χ0) is 16.9. The molecule has 0 amide bonds. The van der Waals surface area contributed by atoms with Crippen LogP contribution in [0.25, 0.3) is 11.1 Å². The van der Waals surface area contributed by atoms with Crippen LogP contribution in [0.5, 0.6) is 5.75 Å². The van der Waals surface area contributed by atoms with Crippen LogP contribution in [0, 0.1) is 0 Å². The molecule has 24 heavy (non-hydrogen) atoms. The highest BCUT2D eigenvalue weighted by molar-refractivity contribution is 6.32. The normalized spacial score (nSPS) is 10.4. The molecular weight excluding hydrogens is 324 g/mol. The zero-order valence-corrected chi connectivity index (χ0v) is 13.5. The van der Waals surface area contributed by atoms with E-state index in [1.54, 1.807) is 6.07 Å². The highest BCUT2D eigenvalue weighted by Crippen LogP contribution is 2.28. The van der Waals surface area contributed by atoms with Crippen LogP contribution in [-0.4, -0.2) is 11.1 Å². The Labute approximate surface area is 145 Å². The summed E-state index contributed by atoms with van der Waals surface area (Å²) in [6.07, 6.45) is 0. The van der Waals surface area contributed by atoms with Gasteiger partial charge in [-0.15, -0.1) is 0 Å². The summed E-state index contributed by atoms with van der Waals surface area (Å²) in [7, 11) is 0. The summed E-state index contributed by atoms with van der Waals surface area (Å²) < 4.78 is 5.79. The molecule has 3 nitrogen and oxygen atoms in total. The van der Waals surface area contributed by atoms with Crippen LogP contribution in [0.2, 0.25) is 5.02 Å². The monoisotopic (exact) mass is 338 g/mol. The predicted octanol–water partition coefficient (Wildman–Crippen LogP) is 5.28. The first kappa shape index (κ1) is 16.1. The number of carboxylic acid groups (broad SMARTS) is 1. The van der Waals surface area contributed by atoms with E-state index in [1.165, 1.54) is 12.1 Å². The van der Waals surface area contributed by atoms with E-state index in [1.807, 2.05) is 54.6 Å². The van der Waals surface area contributed by atoms with Crippen molar-refractivity contribution in [3.05, 3.63) is 88.9 Å². The molecule has 3 rings (SSSR count). The van der Waals surface area contributed by atoms with E-state index in [-0.39, 0.29) is 10.6 Å². The fourth-order valence-corrected chi connectivity index (χ4v) is 2.69. The Kier molecular flexibility index (Phi) is 4.82. The maximum Gasteiger partial charge on any atom is 0.335 e. The van der Waals surface area contributed by atoms with Gasteiger partial charge < -0.3 is 9.84 Å². The summed E-state index contributed by atoms with van der Waals surface area (Å²) in [5.74, 6) is -0.553. The maximum atomic E-state index is 10.9. The number of hydrogen-bond acceptors (Lipinski definition) is 2. The number of carboxylic acids is 1. The van der Waals surface area contributed by atoms with Gasteiger partial charge in [-0.3, -0.25) is 0 Å². The molecule has 0 unspecified atom stereocenters. The number of halogens is 1. The average Bonchev–Trinajstić information content (AvgIpc) is 2.61. The fraction of sp³-hybridized carbons (Fsp3) is 0.0500. The van der Waals surface area contributed by atoms with Crippen LogP contribution in [0.4, 0.5) is 0 Å². The molecule has 0 saturated carbocycles. The Balaban J connectivity index is 1.82. The molecule has 120 valence electrons. The SMILES string of the molecule is O=C(O)c1ccc(OCc2ccccc2-c2ccccc2)c(Cl)c1. The van der Waals surface area contributed by atoms with Gasteiger partial charge in [0.1, 0.15) is 12.4 Å². The number of ether oxygens (including phenoxy) is 1. The quantitative estimate of drug-likeness (QED) is 0.688. The molecule has 0 fully saturated rings. The van der Waals surface area contributed by atoms with Crippen molar-refractivity contribution in [2.45, 2.75) is 6.61 Å². The van der Waals surface area contributed by atoms with Crippen molar-refractivity contribution >= 4 is 17.6 Å². The standard InChI is InChI=1S/C20H15ClO3/c21-18-12-15(20(22)23)10-11-19(18)24-13-16-8-4-5-9-17(16)14-6-2-1-3-7-14/h1-12H,13H2,(H,22,23). The molecule has 4 heteroatoms. The van der Waals surface area contributed by atoms with Gasteiger partial charge in [0.15, 0.2) is 0 Å². The lowest BCUT2D eigenvalue weighted by atomic mass is 10.0. The minimum atomic E-state index is -1.02. The Morgan fingerprint density at radius 2 is 1.67 bits per heavy atom. The van der Waals surface area contributed by atoms with Crippen molar-refractivity contribution in [2.24, 2.45) is 0 Å². The van der Waals surface area contributed by atoms with Gasteiger partial charge in [0.05, 0.1) is 10.6 Å². The number of carbonyl (C=O) groups is 1. The number of rotatable bonds is 5. The molecule has 0 aliphatic rings. The summed E-state index contributed by atoms with van der Waals surface area (Å²) >= 11 is 6.11. The van der Waals surface area contributed by atoms with Gasteiger partial charge in [0, 0.05) is 0 Å². The fourth-order valence-electron chi connectivity index (χ4n) is 2.45. The summed E-state index contributed by atoms with van der Waals surface area (Å²) in [4.78, 5) is 10.9. The highest BCUT2D eigenvalue weighted by atomic mass is 35.5. The smallest absolute Gasteiger partial charge is 0.335 e. The first-order valence-corrected chi connectivity index (χ1v) is 7.82. The first-order valence-electron chi connectivity index (χ1n) is 7.44. The third kappa shape index (κ3) is 3.58. The second-order valence-corrected chi connectivity index (χ2v) is 5.67. The van der Waals surface area contributed by atoms with Gasteiger partial charge in [-0.2, -0.15) is 0 Å². The summed E-state index contributed by atoms with van der Waals surface area (Å²) in [5, 5.41) is 9.26. The van der Waals surface area contributed by atoms with E-state index in [0.29, 0.717) is 12.4 Å². The molecule has 0 heterocycles. The molecule has 0 aromatic heterocycles. The maximum absolute atomic E-state index is 10.9. The van der Waals surface area contributed by atoms with Crippen LogP contribution >= 0.6 is 11.6 Å². The molecule has 0 radical (unpaired) electrons. The van der Waals surface area contributed by atoms with Gasteiger partial charge >= 0.3 is 5.97 Å². The topological polar surface area (TPSA) is 46.5 Å². The average molecular weight is 339 g/mol. The molecule has 0 spiro atoms. The van der Waals surface area contributed by atoms with E-state index < -0.39 is 5.97 Å². The zero-order valence-electron chi connectivity index (χ0n) is 12.8. The Morgan fingerprint density at radius 1 is 0.958 bits per heavy atom. The lowest BCUT2D eigenvalue weighted by molar-refractivity contribution is 0.0697. The van der Waals surface area contributed by atoms with E-state index in [2.05, 4.69) is 0 Å². The second-order valence-electron chi connectivity index (χ2n) is 5.26. The van der Waals surface area contributed by atoms with Gasteiger partial charge in [0.25, 0.3) is 0 Å². The largest absolute Gasteiger partial charge is 0.487 e. The van der Waals surface area contributed by atoms with E-state index in [0.717, 1.165) is 16.7 Å². The Bertz CT molecular complexity index is 860. The van der Waals surface area contributed by atoms with Crippen molar-refractivity contribution in [2.75, 3.05) is 0 Å². The Hall–Kier alpha value is -2.78. The third-order valence-electron chi connectivity index (χ3n) is 3.66.